The van der Waals surface area contributed by atoms with Crippen LogP contribution >= 0.6 is 0 Å². The number of anilines is 2. The minimum atomic E-state index is -0.0822. The molecule has 6 heteroatoms. The lowest BCUT2D eigenvalue weighted by Crippen LogP contribution is -2.48. The number of hydrogen-bond acceptors (Lipinski definition) is 4. The summed E-state index contributed by atoms with van der Waals surface area (Å²) in [6.07, 6.45) is 0. The molecule has 136 valence electrons. The Morgan fingerprint density at radius 1 is 0.962 bits per heavy atom. The minimum Gasteiger partial charge on any atom is -0.496 e. The normalized spacial score (nSPS) is 14.1. The minimum absolute atomic E-state index is 0.00288. The van der Waals surface area contributed by atoms with Gasteiger partial charge in [0.25, 0.3) is 5.91 Å². The summed E-state index contributed by atoms with van der Waals surface area (Å²) in [4.78, 5) is 28.0. The van der Waals surface area contributed by atoms with Crippen molar-refractivity contribution in [1.82, 2.24) is 4.90 Å². The largest absolute Gasteiger partial charge is 0.496 e. The summed E-state index contributed by atoms with van der Waals surface area (Å²) in [6.45, 7) is 4.33. The molecule has 0 radical (unpaired) electrons. The molecule has 1 aliphatic heterocycles. The van der Waals surface area contributed by atoms with Crippen LogP contribution in [0.2, 0.25) is 0 Å². The Labute approximate surface area is 153 Å². The van der Waals surface area contributed by atoms with Gasteiger partial charge in [-0.2, -0.15) is 0 Å². The quantitative estimate of drug-likeness (QED) is 0.918. The lowest BCUT2D eigenvalue weighted by molar-refractivity contribution is -0.114. The van der Waals surface area contributed by atoms with Crippen LogP contribution in [0.3, 0.4) is 0 Å². The Bertz CT molecular complexity index is 781. The Morgan fingerprint density at radius 3 is 2.23 bits per heavy atom. The predicted molar refractivity (Wildman–Crippen MR) is 102 cm³/mol. The molecule has 0 aliphatic carbocycles. The smallest absolute Gasteiger partial charge is 0.257 e. The maximum atomic E-state index is 12.8. The van der Waals surface area contributed by atoms with Gasteiger partial charge in [-0.05, 0) is 36.4 Å². The Balaban J connectivity index is 1.62. The Morgan fingerprint density at radius 2 is 1.62 bits per heavy atom. The molecule has 1 aliphatic rings. The van der Waals surface area contributed by atoms with Gasteiger partial charge in [0, 0.05) is 44.5 Å². The van der Waals surface area contributed by atoms with Gasteiger partial charge in [0.05, 0.1) is 12.7 Å². The monoisotopic (exact) mass is 353 g/mol. The van der Waals surface area contributed by atoms with E-state index in [-0.39, 0.29) is 11.8 Å². The zero-order chi connectivity index (χ0) is 18.5. The number of benzene rings is 2. The van der Waals surface area contributed by atoms with Crippen LogP contribution in [0.15, 0.2) is 48.5 Å². The van der Waals surface area contributed by atoms with Crippen LogP contribution in [-0.4, -0.2) is 50.0 Å². The summed E-state index contributed by atoms with van der Waals surface area (Å²) >= 11 is 0. The van der Waals surface area contributed by atoms with Crippen LogP contribution in [0.1, 0.15) is 17.3 Å². The van der Waals surface area contributed by atoms with Crippen LogP contribution in [0.4, 0.5) is 11.4 Å². The molecule has 0 bridgehead atoms. The van der Waals surface area contributed by atoms with Gasteiger partial charge >= 0.3 is 0 Å². The number of piperazine rings is 1. The number of ether oxygens (including phenoxy) is 1. The molecule has 0 unspecified atom stereocenters. The molecule has 6 nitrogen and oxygen atoms in total. The summed E-state index contributed by atoms with van der Waals surface area (Å²) in [7, 11) is 1.58. The maximum Gasteiger partial charge on any atom is 0.257 e. The first-order valence-corrected chi connectivity index (χ1v) is 8.63. The number of amides is 2. The molecule has 0 aromatic heterocycles. The SMILES string of the molecule is COc1ccccc1C(=O)N1CCN(c2ccc(NC(C)=O)cc2)CC1. The van der Waals surface area contributed by atoms with Crippen molar-refractivity contribution in [2.75, 3.05) is 43.5 Å². The van der Waals surface area contributed by atoms with Crippen LogP contribution in [0.25, 0.3) is 0 Å². The number of carbonyl (C=O) groups excluding carboxylic acids is 2. The topological polar surface area (TPSA) is 61.9 Å². The predicted octanol–water partition coefficient (Wildman–Crippen LogP) is 2.62. The van der Waals surface area contributed by atoms with E-state index in [9.17, 15) is 9.59 Å². The average Bonchev–Trinajstić information content (AvgIpc) is 2.67. The molecule has 1 fully saturated rings. The number of carbonyl (C=O) groups is 2. The van der Waals surface area contributed by atoms with Crippen LogP contribution in [0, 0.1) is 0 Å². The van der Waals surface area contributed by atoms with Crippen molar-refractivity contribution in [3.8, 4) is 5.75 Å². The van der Waals surface area contributed by atoms with Gasteiger partial charge in [0.1, 0.15) is 5.75 Å². The van der Waals surface area contributed by atoms with E-state index in [1.54, 1.807) is 19.2 Å². The third-order valence-electron chi connectivity index (χ3n) is 4.46. The second kappa shape index (κ2) is 7.91. The van der Waals surface area contributed by atoms with E-state index in [0.29, 0.717) is 24.4 Å². The average molecular weight is 353 g/mol. The van der Waals surface area contributed by atoms with Gasteiger partial charge in [0.2, 0.25) is 5.91 Å². The molecule has 3 rings (SSSR count). The molecule has 0 atom stereocenters. The van der Waals surface area contributed by atoms with Crippen molar-refractivity contribution >= 4 is 23.2 Å². The highest BCUT2D eigenvalue weighted by Gasteiger charge is 2.24. The first kappa shape index (κ1) is 17.8. The molecule has 2 amide bonds. The lowest BCUT2D eigenvalue weighted by Gasteiger charge is -2.36. The number of nitrogens with one attached hydrogen (secondary N) is 1. The number of methoxy groups -OCH3 is 1. The summed E-state index contributed by atoms with van der Waals surface area (Å²) in [5, 5.41) is 2.76. The lowest BCUT2D eigenvalue weighted by atomic mass is 10.1. The van der Waals surface area contributed by atoms with E-state index in [0.717, 1.165) is 24.5 Å². The first-order chi connectivity index (χ1) is 12.6. The van der Waals surface area contributed by atoms with Gasteiger partial charge in [-0.15, -0.1) is 0 Å². The molecule has 2 aromatic rings. The zero-order valence-corrected chi connectivity index (χ0v) is 15.1. The molecule has 0 spiro atoms. The second-order valence-corrected chi connectivity index (χ2v) is 6.21. The highest BCUT2D eigenvalue weighted by atomic mass is 16.5. The highest BCUT2D eigenvalue weighted by Crippen LogP contribution is 2.22. The molecule has 2 aromatic carbocycles. The fourth-order valence-electron chi connectivity index (χ4n) is 3.12. The molecule has 1 saturated heterocycles. The third-order valence-corrected chi connectivity index (χ3v) is 4.46. The van der Waals surface area contributed by atoms with Crippen molar-refractivity contribution in [2.24, 2.45) is 0 Å². The van der Waals surface area contributed by atoms with E-state index in [2.05, 4.69) is 10.2 Å². The van der Waals surface area contributed by atoms with Gasteiger partial charge in [-0.1, -0.05) is 12.1 Å². The van der Waals surface area contributed by atoms with Crippen molar-refractivity contribution in [1.29, 1.82) is 0 Å². The van der Waals surface area contributed by atoms with Crippen molar-refractivity contribution < 1.29 is 14.3 Å². The van der Waals surface area contributed by atoms with Gasteiger partial charge in [-0.25, -0.2) is 0 Å². The van der Waals surface area contributed by atoms with E-state index >= 15 is 0 Å². The van der Waals surface area contributed by atoms with E-state index in [4.69, 9.17) is 4.74 Å². The van der Waals surface area contributed by atoms with E-state index in [1.807, 2.05) is 41.3 Å². The van der Waals surface area contributed by atoms with E-state index < -0.39 is 0 Å². The summed E-state index contributed by atoms with van der Waals surface area (Å²) in [6, 6.07) is 15.1. The maximum absolute atomic E-state index is 12.8. The Hall–Kier alpha value is -3.02. The molecular formula is C20H23N3O3. The van der Waals surface area contributed by atoms with Crippen LogP contribution < -0.4 is 15.0 Å². The number of rotatable bonds is 4. The van der Waals surface area contributed by atoms with Crippen molar-refractivity contribution in [3.05, 3.63) is 54.1 Å². The number of hydrogen-bond donors (Lipinski definition) is 1. The second-order valence-electron chi connectivity index (χ2n) is 6.21. The fraction of sp³-hybridized carbons (Fsp3) is 0.300. The summed E-state index contributed by atoms with van der Waals surface area (Å²) in [5.41, 5.74) is 2.47. The Kier molecular flexibility index (Phi) is 5.41. The molecule has 0 saturated carbocycles. The summed E-state index contributed by atoms with van der Waals surface area (Å²) in [5.74, 6) is 0.526. The first-order valence-electron chi connectivity index (χ1n) is 8.63. The highest BCUT2D eigenvalue weighted by molar-refractivity contribution is 5.97. The standard InChI is InChI=1S/C20H23N3O3/c1-15(24)21-16-7-9-17(10-8-16)22-11-13-23(14-12-22)20(25)18-5-3-4-6-19(18)26-2/h3-10H,11-14H2,1-2H3,(H,21,24). The van der Waals surface area contributed by atoms with Crippen LogP contribution in [-0.2, 0) is 4.79 Å². The molecular weight excluding hydrogens is 330 g/mol. The number of para-hydroxylation sites is 1. The molecule has 26 heavy (non-hydrogen) atoms. The van der Waals surface area contributed by atoms with Crippen molar-refractivity contribution in [3.63, 3.8) is 0 Å². The van der Waals surface area contributed by atoms with Crippen molar-refractivity contribution in [2.45, 2.75) is 6.92 Å². The third kappa shape index (κ3) is 3.96. The van der Waals surface area contributed by atoms with Gasteiger partial charge in [-0.3, -0.25) is 9.59 Å². The fourth-order valence-corrected chi connectivity index (χ4v) is 3.12. The number of nitrogens with zero attached hydrogens (tertiary/aromatic N) is 2. The van der Waals surface area contributed by atoms with Gasteiger partial charge in [0.15, 0.2) is 0 Å². The molecule has 1 heterocycles. The summed E-state index contributed by atoms with van der Waals surface area (Å²) < 4.78 is 5.30. The van der Waals surface area contributed by atoms with E-state index in [1.165, 1.54) is 6.92 Å². The van der Waals surface area contributed by atoms with Gasteiger partial charge < -0.3 is 19.9 Å². The van der Waals surface area contributed by atoms with Crippen LogP contribution in [0.5, 0.6) is 5.75 Å². The molecule has 1 N–H and O–H groups in total. The zero-order valence-electron chi connectivity index (χ0n) is 15.1.